The summed E-state index contributed by atoms with van der Waals surface area (Å²) in [6, 6.07) is 15.4. The third-order valence-electron chi connectivity index (χ3n) is 3.96. The highest BCUT2D eigenvalue weighted by molar-refractivity contribution is 5.78. The second-order valence-corrected chi connectivity index (χ2v) is 5.46. The van der Waals surface area contributed by atoms with Crippen molar-refractivity contribution in [3.05, 3.63) is 60.4 Å². The molecule has 0 radical (unpaired) electrons. The van der Waals surface area contributed by atoms with Crippen molar-refractivity contribution >= 4 is 5.91 Å². The highest BCUT2D eigenvalue weighted by Crippen LogP contribution is 2.29. The van der Waals surface area contributed by atoms with Gasteiger partial charge in [-0.25, -0.2) is 0 Å². The van der Waals surface area contributed by atoms with E-state index < -0.39 is 0 Å². The Morgan fingerprint density at radius 1 is 1.14 bits per heavy atom. The number of carbonyl (C=O) groups excluding carboxylic acids is 1. The summed E-state index contributed by atoms with van der Waals surface area (Å²) in [5.41, 5.74) is 0.968. The van der Waals surface area contributed by atoms with Gasteiger partial charge >= 0.3 is 0 Å². The molecular formula is C18H20N2O2. The maximum Gasteiger partial charge on any atom is 0.261 e. The van der Waals surface area contributed by atoms with Crippen LogP contribution in [0.4, 0.5) is 0 Å². The second kappa shape index (κ2) is 7.07. The first kappa shape index (κ1) is 14.6. The molecule has 114 valence electrons. The number of benzene rings is 1. The quantitative estimate of drug-likeness (QED) is 0.870. The van der Waals surface area contributed by atoms with Crippen LogP contribution in [0.1, 0.15) is 31.0 Å². The lowest BCUT2D eigenvalue weighted by atomic mass is 9.99. The molecule has 1 aromatic carbocycles. The summed E-state index contributed by atoms with van der Waals surface area (Å²) in [5, 5.41) is 0. The molecule has 0 spiro atoms. The van der Waals surface area contributed by atoms with Gasteiger partial charge in [-0.2, -0.15) is 0 Å². The standard InChI is InChI=1S/C18H20N2O2/c21-18(14-22-15-8-2-1-3-9-15)20-13-7-5-11-17(20)16-10-4-6-12-19-16/h1-4,6,8-10,12,17H,5,7,11,13-14H2/t17-/m0/s1. The third kappa shape index (κ3) is 3.45. The molecule has 1 atom stereocenters. The van der Waals surface area contributed by atoms with Crippen LogP contribution in [0.3, 0.4) is 0 Å². The zero-order valence-corrected chi connectivity index (χ0v) is 12.5. The zero-order chi connectivity index (χ0) is 15.2. The van der Waals surface area contributed by atoms with Gasteiger partial charge in [-0.3, -0.25) is 9.78 Å². The van der Waals surface area contributed by atoms with Crippen LogP contribution in [-0.2, 0) is 4.79 Å². The van der Waals surface area contributed by atoms with Crippen LogP contribution in [0, 0.1) is 0 Å². The number of nitrogens with zero attached hydrogens (tertiary/aromatic N) is 2. The molecule has 1 saturated heterocycles. The highest BCUT2D eigenvalue weighted by Gasteiger charge is 2.28. The van der Waals surface area contributed by atoms with E-state index in [1.165, 1.54) is 0 Å². The SMILES string of the molecule is O=C(COc1ccccc1)N1CCCC[C@H]1c1ccccn1. The van der Waals surface area contributed by atoms with Crippen LogP contribution in [0.5, 0.6) is 5.75 Å². The fourth-order valence-corrected chi connectivity index (χ4v) is 2.86. The van der Waals surface area contributed by atoms with Crippen LogP contribution in [-0.4, -0.2) is 28.9 Å². The molecule has 1 aliphatic heterocycles. The minimum Gasteiger partial charge on any atom is -0.484 e. The molecule has 0 bridgehead atoms. The summed E-state index contributed by atoms with van der Waals surface area (Å²) >= 11 is 0. The van der Waals surface area contributed by atoms with Gasteiger partial charge in [-0.1, -0.05) is 24.3 Å². The van der Waals surface area contributed by atoms with E-state index in [-0.39, 0.29) is 18.6 Å². The van der Waals surface area contributed by atoms with E-state index in [1.54, 1.807) is 6.20 Å². The Hall–Kier alpha value is -2.36. The van der Waals surface area contributed by atoms with Crippen molar-refractivity contribution in [1.82, 2.24) is 9.88 Å². The van der Waals surface area contributed by atoms with Crippen molar-refractivity contribution in [2.75, 3.05) is 13.2 Å². The lowest BCUT2D eigenvalue weighted by Crippen LogP contribution is -2.41. The smallest absolute Gasteiger partial charge is 0.261 e. The molecule has 1 amide bonds. The van der Waals surface area contributed by atoms with Crippen LogP contribution < -0.4 is 4.74 Å². The molecule has 0 saturated carbocycles. The Labute approximate surface area is 130 Å². The minimum absolute atomic E-state index is 0.0270. The molecular weight excluding hydrogens is 276 g/mol. The predicted molar refractivity (Wildman–Crippen MR) is 84.5 cm³/mol. The van der Waals surface area contributed by atoms with E-state index in [0.29, 0.717) is 0 Å². The van der Waals surface area contributed by atoms with Crippen molar-refractivity contribution < 1.29 is 9.53 Å². The molecule has 0 unspecified atom stereocenters. The fraction of sp³-hybridized carbons (Fsp3) is 0.333. The van der Waals surface area contributed by atoms with E-state index in [0.717, 1.165) is 37.3 Å². The van der Waals surface area contributed by atoms with Gasteiger partial charge in [0.25, 0.3) is 5.91 Å². The molecule has 1 fully saturated rings. The first-order valence-corrected chi connectivity index (χ1v) is 7.73. The second-order valence-electron chi connectivity index (χ2n) is 5.46. The maximum atomic E-state index is 12.5. The monoisotopic (exact) mass is 296 g/mol. The molecule has 4 nitrogen and oxygen atoms in total. The van der Waals surface area contributed by atoms with Gasteiger partial charge in [0, 0.05) is 12.7 Å². The van der Waals surface area contributed by atoms with Gasteiger partial charge in [-0.15, -0.1) is 0 Å². The number of amides is 1. The first-order chi connectivity index (χ1) is 10.8. The van der Waals surface area contributed by atoms with Crippen LogP contribution in [0.25, 0.3) is 0 Å². The van der Waals surface area contributed by atoms with Crippen LogP contribution in [0.2, 0.25) is 0 Å². The molecule has 3 rings (SSSR count). The molecule has 0 aliphatic carbocycles. The number of aromatic nitrogens is 1. The number of hydrogen-bond acceptors (Lipinski definition) is 3. The first-order valence-electron chi connectivity index (χ1n) is 7.73. The zero-order valence-electron chi connectivity index (χ0n) is 12.5. The topological polar surface area (TPSA) is 42.4 Å². The van der Waals surface area contributed by atoms with Gasteiger partial charge in [0.1, 0.15) is 5.75 Å². The maximum absolute atomic E-state index is 12.5. The Balaban J connectivity index is 1.66. The molecule has 1 aliphatic rings. The van der Waals surface area contributed by atoms with E-state index >= 15 is 0 Å². The van der Waals surface area contributed by atoms with Gasteiger partial charge in [0.2, 0.25) is 0 Å². The summed E-state index contributed by atoms with van der Waals surface area (Å²) < 4.78 is 5.59. The number of para-hydroxylation sites is 1. The number of ether oxygens (including phenoxy) is 1. The summed E-state index contributed by atoms with van der Waals surface area (Å²) in [6.07, 6.45) is 4.92. The number of likely N-dealkylation sites (tertiary alicyclic amines) is 1. The average Bonchev–Trinajstić information content (AvgIpc) is 2.61. The number of piperidine rings is 1. The Bertz CT molecular complexity index is 601. The molecule has 2 heterocycles. The fourth-order valence-electron chi connectivity index (χ4n) is 2.86. The van der Waals surface area contributed by atoms with E-state index in [4.69, 9.17) is 4.74 Å². The molecule has 1 aromatic heterocycles. The Morgan fingerprint density at radius 3 is 2.73 bits per heavy atom. The summed E-state index contributed by atoms with van der Waals surface area (Å²) in [6.45, 7) is 0.853. The minimum atomic E-state index is 0.0270. The van der Waals surface area contributed by atoms with Gasteiger partial charge in [0.05, 0.1) is 11.7 Å². The molecule has 4 heteroatoms. The van der Waals surface area contributed by atoms with Crippen molar-refractivity contribution in [3.63, 3.8) is 0 Å². The number of hydrogen-bond donors (Lipinski definition) is 0. The van der Waals surface area contributed by atoms with Crippen molar-refractivity contribution in [2.24, 2.45) is 0 Å². The van der Waals surface area contributed by atoms with Crippen molar-refractivity contribution in [1.29, 1.82) is 0 Å². The Morgan fingerprint density at radius 2 is 1.95 bits per heavy atom. The molecule has 2 aromatic rings. The molecule has 22 heavy (non-hydrogen) atoms. The highest BCUT2D eigenvalue weighted by atomic mass is 16.5. The number of carbonyl (C=O) groups is 1. The van der Waals surface area contributed by atoms with Gasteiger partial charge in [-0.05, 0) is 43.5 Å². The lowest BCUT2D eigenvalue weighted by molar-refractivity contribution is -0.137. The normalized spacial score (nSPS) is 18.0. The van der Waals surface area contributed by atoms with Crippen molar-refractivity contribution in [3.8, 4) is 5.75 Å². The van der Waals surface area contributed by atoms with E-state index in [2.05, 4.69) is 4.98 Å². The number of pyridine rings is 1. The van der Waals surface area contributed by atoms with E-state index in [1.807, 2.05) is 53.4 Å². The summed E-state index contributed by atoms with van der Waals surface area (Å²) in [5.74, 6) is 0.751. The molecule has 0 N–H and O–H groups in total. The van der Waals surface area contributed by atoms with Gasteiger partial charge < -0.3 is 9.64 Å². The third-order valence-corrected chi connectivity index (χ3v) is 3.96. The van der Waals surface area contributed by atoms with Crippen LogP contribution >= 0.6 is 0 Å². The lowest BCUT2D eigenvalue weighted by Gasteiger charge is -2.35. The van der Waals surface area contributed by atoms with Gasteiger partial charge in [0.15, 0.2) is 6.61 Å². The van der Waals surface area contributed by atoms with Crippen molar-refractivity contribution in [2.45, 2.75) is 25.3 Å². The summed E-state index contributed by atoms with van der Waals surface area (Å²) in [7, 11) is 0. The van der Waals surface area contributed by atoms with Crippen LogP contribution in [0.15, 0.2) is 54.7 Å². The largest absolute Gasteiger partial charge is 0.484 e. The predicted octanol–water partition coefficient (Wildman–Crippen LogP) is 3.21. The van der Waals surface area contributed by atoms with E-state index in [9.17, 15) is 4.79 Å². The number of rotatable bonds is 4. The summed E-state index contributed by atoms with van der Waals surface area (Å²) in [4.78, 5) is 18.9. The Kier molecular flexibility index (Phi) is 4.68. The average molecular weight is 296 g/mol.